The predicted molar refractivity (Wildman–Crippen MR) is 178 cm³/mol. The molecule has 2 aromatic carbocycles. The highest BCUT2D eigenvalue weighted by molar-refractivity contribution is 5.95. The lowest BCUT2D eigenvalue weighted by atomic mass is 9.93. The molecular formula is C36H48N4O6. The second-order valence-electron chi connectivity index (χ2n) is 11.5. The molecule has 1 fully saturated rings. The lowest BCUT2D eigenvalue weighted by molar-refractivity contribution is -0.143. The van der Waals surface area contributed by atoms with Crippen molar-refractivity contribution in [2.24, 2.45) is 5.73 Å². The molecule has 0 spiro atoms. The molecule has 46 heavy (non-hydrogen) atoms. The number of amides is 3. The summed E-state index contributed by atoms with van der Waals surface area (Å²) in [7, 11) is 2.91. The number of likely N-dealkylation sites (tertiary alicyclic amines) is 1. The molecule has 1 aliphatic heterocycles. The molecule has 10 heteroatoms. The average molecular weight is 633 g/mol. The first-order valence-electron chi connectivity index (χ1n) is 15.8. The van der Waals surface area contributed by atoms with Gasteiger partial charge in [0, 0.05) is 32.6 Å². The van der Waals surface area contributed by atoms with Crippen LogP contribution in [0.15, 0.2) is 73.8 Å². The zero-order valence-electron chi connectivity index (χ0n) is 27.2. The Morgan fingerprint density at radius 1 is 1.02 bits per heavy atom. The summed E-state index contributed by atoms with van der Waals surface area (Å²) in [6, 6.07) is 14.5. The fraction of sp³-hybridized carbons (Fsp3) is 0.444. The lowest BCUT2D eigenvalue weighted by Crippen LogP contribution is -2.59. The number of hydrogen-bond donors (Lipinski definition) is 2. The van der Waals surface area contributed by atoms with Crippen molar-refractivity contribution in [1.29, 1.82) is 0 Å². The molecule has 0 aromatic heterocycles. The zero-order chi connectivity index (χ0) is 33.5. The van der Waals surface area contributed by atoms with E-state index in [1.807, 2.05) is 54.6 Å². The van der Waals surface area contributed by atoms with Crippen molar-refractivity contribution < 1.29 is 28.7 Å². The normalized spacial score (nSPS) is 16.3. The number of nitrogens with zero attached hydrogens (tertiary/aromatic N) is 2. The largest absolute Gasteiger partial charge is 0.497 e. The highest BCUT2D eigenvalue weighted by Gasteiger charge is 2.48. The van der Waals surface area contributed by atoms with Crippen LogP contribution in [0.3, 0.4) is 0 Å². The van der Waals surface area contributed by atoms with Crippen molar-refractivity contribution in [1.82, 2.24) is 15.1 Å². The van der Waals surface area contributed by atoms with Crippen molar-refractivity contribution in [3.05, 3.63) is 90.5 Å². The van der Waals surface area contributed by atoms with Gasteiger partial charge >= 0.3 is 5.97 Å². The molecule has 0 saturated carbocycles. The Bertz CT molecular complexity index is 1340. The van der Waals surface area contributed by atoms with E-state index in [9.17, 15) is 19.2 Å². The minimum atomic E-state index is -1.14. The minimum Gasteiger partial charge on any atom is -0.497 e. The Kier molecular flexibility index (Phi) is 14.0. The van der Waals surface area contributed by atoms with Crippen molar-refractivity contribution in [3.8, 4) is 5.75 Å². The summed E-state index contributed by atoms with van der Waals surface area (Å²) < 4.78 is 9.87. The highest BCUT2D eigenvalue weighted by atomic mass is 16.5. The van der Waals surface area contributed by atoms with Gasteiger partial charge in [0.2, 0.25) is 17.7 Å². The minimum absolute atomic E-state index is 0.0491. The van der Waals surface area contributed by atoms with Gasteiger partial charge in [-0.1, -0.05) is 48.6 Å². The van der Waals surface area contributed by atoms with Crippen LogP contribution in [0, 0.1) is 0 Å². The summed E-state index contributed by atoms with van der Waals surface area (Å²) in [4.78, 5) is 54.6. The maximum Gasteiger partial charge on any atom is 0.306 e. The van der Waals surface area contributed by atoms with E-state index in [2.05, 4.69) is 23.2 Å². The van der Waals surface area contributed by atoms with Crippen LogP contribution >= 0.6 is 0 Å². The Labute approximate surface area is 272 Å². The number of allylic oxidation sites excluding steroid dienone is 1. The second kappa shape index (κ2) is 17.9. The molecule has 1 aliphatic rings. The van der Waals surface area contributed by atoms with Gasteiger partial charge in [-0.15, -0.1) is 13.2 Å². The lowest BCUT2D eigenvalue weighted by Gasteiger charge is -2.36. The first-order valence-corrected chi connectivity index (χ1v) is 15.8. The van der Waals surface area contributed by atoms with E-state index in [1.54, 1.807) is 23.0 Å². The summed E-state index contributed by atoms with van der Waals surface area (Å²) in [5.41, 5.74) is 8.09. The molecule has 1 heterocycles. The van der Waals surface area contributed by atoms with Crippen molar-refractivity contribution in [3.63, 3.8) is 0 Å². The summed E-state index contributed by atoms with van der Waals surface area (Å²) in [6.45, 7) is 9.49. The topological polar surface area (TPSA) is 131 Å². The number of esters is 1. The molecular weight excluding hydrogens is 584 g/mol. The van der Waals surface area contributed by atoms with E-state index in [-0.39, 0.29) is 30.6 Å². The number of ether oxygens (including phenoxy) is 2. The van der Waals surface area contributed by atoms with E-state index >= 15 is 0 Å². The molecule has 1 saturated heterocycles. The molecule has 0 aliphatic carbocycles. The molecule has 248 valence electrons. The van der Waals surface area contributed by atoms with Crippen molar-refractivity contribution >= 4 is 23.7 Å². The van der Waals surface area contributed by atoms with Gasteiger partial charge in [0.05, 0.1) is 26.7 Å². The standard InChI is InChI=1S/C36H48N4O6/c1-5-7-8-23-39(32(41)18-19-33(42)46-4)26-29-12-10-27(11-13-29)20-22-38-35(44)36(6-2)21-9-24-40(36)34(43)31(37)25-28-14-16-30(45-3)17-15-28/h5-6,10-17,31H,1-2,7-9,18-26,37H2,3-4H3,(H,38,44)/t31-,36-/m0/s1. The number of benzene rings is 2. The van der Waals surface area contributed by atoms with Gasteiger partial charge in [0.25, 0.3) is 0 Å². The Morgan fingerprint density at radius 2 is 1.70 bits per heavy atom. The third-order valence-corrected chi connectivity index (χ3v) is 8.41. The third kappa shape index (κ3) is 9.78. The van der Waals surface area contributed by atoms with E-state index in [1.165, 1.54) is 7.11 Å². The molecule has 3 amide bonds. The van der Waals surface area contributed by atoms with Gasteiger partial charge < -0.3 is 30.3 Å². The summed E-state index contributed by atoms with van der Waals surface area (Å²) in [5, 5.41) is 3.01. The monoisotopic (exact) mass is 632 g/mol. The van der Waals surface area contributed by atoms with E-state index in [0.29, 0.717) is 51.9 Å². The number of unbranched alkanes of at least 4 members (excludes halogenated alkanes) is 1. The molecule has 3 rings (SSSR count). The summed E-state index contributed by atoms with van der Waals surface area (Å²) >= 11 is 0. The van der Waals surface area contributed by atoms with Crippen LogP contribution in [0.4, 0.5) is 0 Å². The highest BCUT2D eigenvalue weighted by Crippen LogP contribution is 2.32. The first kappa shape index (κ1) is 36.0. The quantitative estimate of drug-likeness (QED) is 0.146. The smallest absolute Gasteiger partial charge is 0.306 e. The van der Waals surface area contributed by atoms with Crippen molar-refractivity contribution in [2.45, 2.75) is 69.5 Å². The third-order valence-electron chi connectivity index (χ3n) is 8.41. The van der Waals surface area contributed by atoms with E-state index in [4.69, 9.17) is 10.5 Å². The number of carbonyl (C=O) groups excluding carboxylic acids is 4. The van der Waals surface area contributed by atoms with E-state index < -0.39 is 17.6 Å². The molecule has 10 nitrogen and oxygen atoms in total. The molecule has 2 aromatic rings. The van der Waals surface area contributed by atoms with Crippen LogP contribution in [0.1, 0.15) is 55.2 Å². The number of methoxy groups -OCH3 is 2. The molecule has 3 N–H and O–H groups in total. The Morgan fingerprint density at radius 3 is 2.33 bits per heavy atom. The maximum atomic E-state index is 13.5. The Balaban J connectivity index is 1.56. The SMILES string of the molecule is C=CCCCN(Cc1ccc(CCNC(=O)[C@]2(C=C)CCCN2C(=O)[C@@H](N)Cc2ccc(OC)cc2)cc1)C(=O)CCC(=O)OC. The number of rotatable bonds is 18. The number of hydrogen-bond acceptors (Lipinski definition) is 7. The average Bonchev–Trinajstić information content (AvgIpc) is 3.52. The van der Waals surface area contributed by atoms with Crippen LogP contribution in [0.25, 0.3) is 0 Å². The van der Waals surface area contributed by atoms with Gasteiger partial charge in [-0.25, -0.2) is 0 Å². The fourth-order valence-electron chi connectivity index (χ4n) is 5.68. The van der Waals surface area contributed by atoms with Crippen molar-refractivity contribution in [2.75, 3.05) is 33.9 Å². The zero-order valence-corrected chi connectivity index (χ0v) is 27.2. The fourth-order valence-corrected chi connectivity index (χ4v) is 5.68. The molecule has 0 radical (unpaired) electrons. The number of nitrogens with one attached hydrogen (secondary N) is 1. The second-order valence-corrected chi connectivity index (χ2v) is 11.5. The van der Waals surface area contributed by atoms with E-state index in [0.717, 1.165) is 35.3 Å². The van der Waals surface area contributed by atoms with Crippen LogP contribution in [0.5, 0.6) is 5.75 Å². The molecule has 0 unspecified atom stereocenters. The van der Waals surface area contributed by atoms with Gasteiger partial charge in [0.1, 0.15) is 11.3 Å². The summed E-state index contributed by atoms with van der Waals surface area (Å²) in [6.07, 6.45) is 7.21. The van der Waals surface area contributed by atoms with Crippen LogP contribution < -0.4 is 15.8 Å². The Hall–Kier alpha value is -4.44. The number of carbonyl (C=O) groups is 4. The summed E-state index contributed by atoms with van der Waals surface area (Å²) in [5.74, 6) is -0.318. The predicted octanol–water partition coefficient (Wildman–Crippen LogP) is 3.72. The van der Waals surface area contributed by atoms with Gasteiger partial charge in [-0.3, -0.25) is 19.2 Å². The maximum absolute atomic E-state index is 13.5. The molecule has 0 bridgehead atoms. The van der Waals surface area contributed by atoms with Crippen LogP contribution in [-0.4, -0.2) is 78.9 Å². The van der Waals surface area contributed by atoms with Gasteiger partial charge in [-0.05, 0) is 67.3 Å². The molecule has 2 atom stereocenters. The van der Waals surface area contributed by atoms with Crippen LogP contribution in [-0.2, 0) is 43.3 Å². The van der Waals surface area contributed by atoms with Gasteiger partial charge in [-0.2, -0.15) is 0 Å². The number of nitrogens with two attached hydrogens (primary N) is 1. The van der Waals surface area contributed by atoms with Crippen LogP contribution in [0.2, 0.25) is 0 Å². The first-order chi connectivity index (χ1) is 22.2. The van der Waals surface area contributed by atoms with Gasteiger partial charge in [0.15, 0.2) is 0 Å².